The zero-order chi connectivity index (χ0) is 12.3. The predicted octanol–water partition coefficient (Wildman–Crippen LogP) is 2.49. The van der Waals surface area contributed by atoms with Crippen LogP contribution in [0.2, 0.25) is 0 Å². The van der Waals surface area contributed by atoms with E-state index in [2.05, 4.69) is 5.32 Å². The van der Waals surface area contributed by atoms with Crippen LogP contribution in [0.3, 0.4) is 0 Å². The Bertz CT molecular complexity index is 414. The van der Waals surface area contributed by atoms with Crippen LogP contribution in [0.5, 0.6) is 0 Å². The first kappa shape index (κ1) is 11.9. The topological polar surface area (TPSA) is 32.3 Å². The number of anilines is 1. The molecular formula is C13H17FN2O. The fourth-order valence-corrected chi connectivity index (χ4v) is 2.15. The minimum Gasteiger partial charge on any atom is -0.382 e. The molecule has 2 rings (SSSR count). The van der Waals surface area contributed by atoms with Gasteiger partial charge in [-0.1, -0.05) is 6.07 Å². The van der Waals surface area contributed by atoms with E-state index in [-0.39, 0.29) is 11.7 Å². The molecule has 0 aliphatic carbocycles. The Morgan fingerprint density at radius 3 is 2.76 bits per heavy atom. The second kappa shape index (κ2) is 5.17. The Morgan fingerprint density at radius 1 is 1.41 bits per heavy atom. The van der Waals surface area contributed by atoms with Gasteiger partial charge in [0.25, 0.3) is 5.91 Å². The highest BCUT2D eigenvalue weighted by atomic mass is 19.1. The second-order valence-electron chi connectivity index (χ2n) is 4.19. The Balaban J connectivity index is 2.30. The van der Waals surface area contributed by atoms with Gasteiger partial charge in [-0.05, 0) is 31.9 Å². The number of halogens is 1. The molecule has 1 aliphatic rings. The molecule has 0 atom stereocenters. The summed E-state index contributed by atoms with van der Waals surface area (Å²) in [6.45, 7) is 4.04. The fourth-order valence-electron chi connectivity index (χ4n) is 2.15. The summed E-state index contributed by atoms with van der Waals surface area (Å²) in [6.07, 6.45) is 2.08. The highest BCUT2D eigenvalue weighted by molar-refractivity contribution is 5.99. The van der Waals surface area contributed by atoms with Crippen molar-refractivity contribution >= 4 is 11.6 Å². The molecule has 3 nitrogen and oxygen atoms in total. The van der Waals surface area contributed by atoms with Gasteiger partial charge in [-0.2, -0.15) is 0 Å². The highest BCUT2D eigenvalue weighted by Crippen LogP contribution is 2.23. The van der Waals surface area contributed by atoms with E-state index in [1.165, 1.54) is 6.07 Å². The van der Waals surface area contributed by atoms with Crippen LogP contribution in [0.1, 0.15) is 30.1 Å². The summed E-state index contributed by atoms with van der Waals surface area (Å²) in [5.41, 5.74) is 0.764. The third-order valence-electron chi connectivity index (χ3n) is 2.99. The number of carbonyl (C=O) groups excluding carboxylic acids is 1. The van der Waals surface area contributed by atoms with Crippen molar-refractivity contribution in [3.8, 4) is 0 Å². The van der Waals surface area contributed by atoms with Crippen LogP contribution in [0.15, 0.2) is 18.2 Å². The fraction of sp³-hybridized carbons (Fsp3) is 0.462. The largest absolute Gasteiger partial charge is 0.382 e. The summed E-state index contributed by atoms with van der Waals surface area (Å²) < 4.78 is 13.7. The van der Waals surface area contributed by atoms with Crippen LogP contribution in [0, 0.1) is 5.82 Å². The van der Waals surface area contributed by atoms with Gasteiger partial charge in [0.1, 0.15) is 5.82 Å². The van der Waals surface area contributed by atoms with Gasteiger partial charge in [-0.15, -0.1) is 0 Å². The smallest absolute Gasteiger partial charge is 0.256 e. The lowest BCUT2D eigenvalue weighted by atomic mass is 10.1. The first-order chi connectivity index (χ1) is 8.24. The summed E-state index contributed by atoms with van der Waals surface area (Å²) >= 11 is 0. The number of nitrogens with zero attached hydrogens (tertiary/aromatic N) is 1. The van der Waals surface area contributed by atoms with Crippen molar-refractivity contribution in [3.63, 3.8) is 0 Å². The molecule has 1 saturated heterocycles. The molecule has 1 amide bonds. The molecule has 0 aromatic heterocycles. The number of nitrogens with one attached hydrogen (secondary N) is 1. The summed E-state index contributed by atoms with van der Waals surface area (Å²) in [5.74, 6) is -0.435. The number of benzene rings is 1. The number of rotatable bonds is 3. The van der Waals surface area contributed by atoms with E-state index in [9.17, 15) is 9.18 Å². The molecule has 0 unspecified atom stereocenters. The monoisotopic (exact) mass is 236 g/mol. The first-order valence-electron chi connectivity index (χ1n) is 6.05. The third kappa shape index (κ3) is 2.40. The molecular weight excluding hydrogens is 219 g/mol. The lowest BCUT2D eigenvalue weighted by Crippen LogP contribution is -2.28. The predicted molar refractivity (Wildman–Crippen MR) is 65.7 cm³/mol. The van der Waals surface area contributed by atoms with Gasteiger partial charge in [0.15, 0.2) is 0 Å². The summed E-state index contributed by atoms with van der Waals surface area (Å²) in [5, 5.41) is 2.93. The summed E-state index contributed by atoms with van der Waals surface area (Å²) in [7, 11) is 0. The van der Waals surface area contributed by atoms with E-state index in [0.29, 0.717) is 17.8 Å². The van der Waals surface area contributed by atoms with Crippen molar-refractivity contribution in [2.24, 2.45) is 0 Å². The molecule has 92 valence electrons. The van der Waals surface area contributed by atoms with Gasteiger partial charge < -0.3 is 10.2 Å². The minimum absolute atomic E-state index is 0.0713. The lowest BCUT2D eigenvalue weighted by molar-refractivity contribution is 0.0793. The standard InChI is InChI=1S/C13H17FN2O/c1-2-15-12-10(6-5-7-11(12)14)13(17)16-8-3-4-9-16/h5-7,15H,2-4,8-9H2,1H3. The maximum absolute atomic E-state index is 13.7. The second-order valence-corrected chi connectivity index (χ2v) is 4.19. The minimum atomic E-state index is -0.364. The molecule has 1 heterocycles. The molecule has 1 aliphatic heterocycles. The number of hydrogen-bond acceptors (Lipinski definition) is 2. The molecule has 0 radical (unpaired) electrons. The molecule has 4 heteroatoms. The van der Waals surface area contributed by atoms with Gasteiger partial charge >= 0.3 is 0 Å². The average Bonchev–Trinajstić information content (AvgIpc) is 2.85. The average molecular weight is 236 g/mol. The number of para-hydroxylation sites is 1. The van der Waals surface area contributed by atoms with Crippen LogP contribution >= 0.6 is 0 Å². The molecule has 0 bridgehead atoms. The van der Waals surface area contributed by atoms with Crippen molar-refractivity contribution in [2.45, 2.75) is 19.8 Å². The van der Waals surface area contributed by atoms with Crippen LogP contribution in [-0.2, 0) is 0 Å². The van der Waals surface area contributed by atoms with Crippen molar-refractivity contribution in [3.05, 3.63) is 29.6 Å². The number of carbonyl (C=O) groups is 1. The summed E-state index contributed by atoms with van der Waals surface area (Å²) in [6, 6.07) is 4.64. The first-order valence-corrected chi connectivity index (χ1v) is 6.05. The maximum Gasteiger partial charge on any atom is 0.256 e. The molecule has 1 N–H and O–H groups in total. The van der Waals surface area contributed by atoms with E-state index in [1.807, 2.05) is 6.92 Å². The Labute approximate surface area is 101 Å². The molecule has 0 saturated carbocycles. The van der Waals surface area contributed by atoms with Gasteiger partial charge in [-0.3, -0.25) is 4.79 Å². The Hall–Kier alpha value is -1.58. The van der Waals surface area contributed by atoms with Gasteiger partial charge in [-0.25, -0.2) is 4.39 Å². The van der Waals surface area contributed by atoms with Crippen molar-refractivity contribution < 1.29 is 9.18 Å². The van der Waals surface area contributed by atoms with Crippen molar-refractivity contribution in [2.75, 3.05) is 25.0 Å². The Kier molecular flexibility index (Phi) is 3.61. The van der Waals surface area contributed by atoms with Crippen LogP contribution < -0.4 is 5.32 Å². The lowest BCUT2D eigenvalue weighted by Gasteiger charge is -2.18. The van der Waals surface area contributed by atoms with Crippen molar-refractivity contribution in [1.29, 1.82) is 0 Å². The number of amides is 1. The van der Waals surface area contributed by atoms with E-state index < -0.39 is 0 Å². The van der Waals surface area contributed by atoms with Crippen LogP contribution in [0.25, 0.3) is 0 Å². The van der Waals surface area contributed by atoms with Crippen molar-refractivity contribution in [1.82, 2.24) is 4.90 Å². The Morgan fingerprint density at radius 2 is 2.12 bits per heavy atom. The van der Waals surface area contributed by atoms with Gasteiger partial charge in [0.2, 0.25) is 0 Å². The quantitative estimate of drug-likeness (QED) is 0.874. The highest BCUT2D eigenvalue weighted by Gasteiger charge is 2.22. The molecule has 0 spiro atoms. The SMILES string of the molecule is CCNc1c(F)cccc1C(=O)N1CCCC1. The van der Waals surface area contributed by atoms with Gasteiger partial charge in [0, 0.05) is 19.6 Å². The van der Waals surface area contributed by atoms with Crippen LogP contribution in [-0.4, -0.2) is 30.4 Å². The third-order valence-corrected chi connectivity index (χ3v) is 2.99. The normalized spacial score (nSPS) is 15.1. The molecule has 1 fully saturated rings. The zero-order valence-corrected chi connectivity index (χ0v) is 10.0. The molecule has 1 aromatic carbocycles. The van der Waals surface area contributed by atoms with E-state index >= 15 is 0 Å². The van der Waals surface area contributed by atoms with Gasteiger partial charge in [0.05, 0.1) is 11.3 Å². The number of hydrogen-bond donors (Lipinski definition) is 1. The van der Waals surface area contributed by atoms with Crippen LogP contribution in [0.4, 0.5) is 10.1 Å². The molecule has 1 aromatic rings. The zero-order valence-electron chi connectivity index (χ0n) is 10.0. The molecule has 17 heavy (non-hydrogen) atoms. The maximum atomic E-state index is 13.7. The number of likely N-dealkylation sites (tertiary alicyclic amines) is 1. The van der Waals surface area contributed by atoms with E-state index in [1.54, 1.807) is 17.0 Å². The van der Waals surface area contributed by atoms with E-state index in [0.717, 1.165) is 25.9 Å². The van der Waals surface area contributed by atoms with E-state index in [4.69, 9.17) is 0 Å². The summed E-state index contributed by atoms with van der Waals surface area (Å²) in [4.78, 5) is 14.0.